The predicted octanol–water partition coefficient (Wildman–Crippen LogP) is -0.926. The highest BCUT2D eigenvalue weighted by atomic mass is 32.2. The van der Waals surface area contributed by atoms with E-state index in [0.29, 0.717) is 12.0 Å². The maximum Gasteiger partial charge on any atom is 0.154 e. The number of piperidine rings is 1. The molecular weight excluding hydrogens is 240 g/mol. The quantitative estimate of drug-likeness (QED) is 0.673. The highest BCUT2D eigenvalue weighted by Gasteiger charge is 2.38. The van der Waals surface area contributed by atoms with E-state index in [9.17, 15) is 13.5 Å². The van der Waals surface area contributed by atoms with Crippen molar-refractivity contribution in [3.63, 3.8) is 0 Å². The Kier molecular flexibility index (Phi) is 3.77. The van der Waals surface area contributed by atoms with Crippen molar-refractivity contribution in [2.75, 3.05) is 31.6 Å². The lowest BCUT2D eigenvalue weighted by Crippen LogP contribution is -2.53. The van der Waals surface area contributed by atoms with E-state index in [1.807, 2.05) is 0 Å². The largest absolute Gasteiger partial charge is 0.390 e. The van der Waals surface area contributed by atoms with Gasteiger partial charge in [-0.05, 0) is 25.9 Å². The van der Waals surface area contributed by atoms with Crippen molar-refractivity contribution in [2.45, 2.75) is 31.5 Å². The van der Waals surface area contributed by atoms with Gasteiger partial charge in [-0.15, -0.1) is 0 Å². The first-order chi connectivity index (χ1) is 7.87. The number of nitrogens with zero attached hydrogens (tertiary/aromatic N) is 1. The Morgan fingerprint density at radius 1 is 1.29 bits per heavy atom. The SMILES string of the molecule is CC1CN(C)CCC1NC1CS(=O)(=O)CC1O. The molecule has 2 saturated heterocycles. The molecule has 0 aliphatic carbocycles. The van der Waals surface area contributed by atoms with Crippen LogP contribution in [0.25, 0.3) is 0 Å². The second-order valence-corrected chi connectivity index (χ2v) is 7.71. The molecule has 2 aliphatic heterocycles. The fourth-order valence-electron chi connectivity index (χ4n) is 2.86. The van der Waals surface area contributed by atoms with Crippen LogP contribution in [0, 0.1) is 5.92 Å². The highest BCUT2D eigenvalue weighted by Crippen LogP contribution is 2.19. The minimum Gasteiger partial charge on any atom is -0.390 e. The second-order valence-electron chi connectivity index (χ2n) is 5.55. The molecule has 0 aromatic rings. The van der Waals surface area contributed by atoms with Gasteiger partial charge in [-0.1, -0.05) is 6.92 Å². The topological polar surface area (TPSA) is 69.6 Å². The van der Waals surface area contributed by atoms with Gasteiger partial charge in [0.05, 0.1) is 17.6 Å². The second kappa shape index (κ2) is 4.84. The maximum atomic E-state index is 11.4. The smallest absolute Gasteiger partial charge is 0.154 e. The third kappa shape index (κ3) is 3.19. The van der Waals surface area contributed by atoms with Crippen molar-refractivity contribution in [2.24, 2.45) is 5.92 Å². The molecule has 2 aliphatic rings. The Morgan fingerprint density at radius 3 is 2.53 bits per heavy atom. The molecular formula is C11H22N2O3S. The summed E-state index contributed by atoms with van der Waals surface area (Å²) in [5.74, 6) is 0.475. The van der Waals surface area contributed by atoms with Gasteiger partial charge < -0.3 is 15.3 Å². The fourth-order valence-corrected chi connectivity index (χ4v) is 4.62. The van der Waals surface area contributed by atoms with Crippen LogP contribution in [0.4, 0.5) is 0 Å². The first kappa shape index (κ1) is 13.3. The van der Waals surface area contributed by atoms with Crippen LogP contribution in [0.1, 0.15) is 13.3 Å². The lowest BCUT2D eigenvalue weighted by molar-refractivity contribution is 0.123. The molecule has 2 N–H and O–H groups in total. The third-order valence-electron chi connectivity index (χ3n) is 3.86. The standard InChI is InChI=1S/C11H22N2O3S/c1-8-5-13(2)4-3-9(8)12-10-6-17(15,16)7-11(10)14/h8-12,14H,3-7H2,1-2H3. The van der Waals surface area contributed by atoms with Crippen molar-refractivity contribution in [3.8, 4) is 0 Å². The van der Waals surface area contributed by atoms with Crippen molar-refractivity contribution in [1.82, 2.24) is 10.2 Å². The molecule has 0 bridgehead atoms. The number of hydrogen-bond acceptors (Lipinski definition) is 5. The van der Waals surface area contributed by atoms with Gasteiger partial charge in [0.25, 0.3) is 0 Å². The van der Waals surface area contributed by atoms with Crippen molar-refractivity contribution in [3.05, 3.63) is 0 Å². The Bertz CT molecular complexity index is 371. The summed E-state index contributed by atoms with van der Waals surface area (Å²) in [6, 6.07) is 0.0370. The number of nitrogens with one attached hydrogen (secondary N) is 1. The van der Waals surface area contributed by atoms with E-state index >= 15 is 0 Å². The van der Waals surface area contributed by atoms with E-state index in [1.54, 1.807) is 0 Å². The van der Waals surface area contributed by atoms with Crippen molar-refractivity contribution < 1.29 is 13.5 Å². The van der Waals surface area contributed by atoms with E-state index in [4.69, 9.17) is 0 Å². The molecule has 2 rings (SSSR count). The van der Waals surface area contributed by atoms with Crippen molar-refractivity contribution in [1.29, 1.82) is 0 Å². The number of aliphatic hydroxyl groups excluding tert-OH is 1. The van der Waals surface area contributed by atoms with Gasteiger partial charge in [0.2, 0.25) is 0 Å². The number of likely N-dealkylation sites (tertiary alicyclic amines) is 1. The minimum atomic E-state index is -3.05. The molecule has 0 radical (unpaired) electrons. The third-order valence-corrected chi connectivity index (χ3v) is 5.58. The Hall–Kier alpha value is -0.170. The molecule has 100 valence electrons. The Labute approximate surface area is 103 Å². The zero-order valence-corrected chi connectivity index (χ0v) is 11.3. The fraction of sp³-hybridized carbons (Fsp3) is 1.00. The van der Waals surface area contributed by atoms with Crippen LogP contribution < -0.4 is 5.32 Å². The van der Waals surface area contributed by atoms with Gasteiger partial charge in [0.15, 0.2) is 9.84 Å². The Balaban J connectivity index is 1.93. The van der Waals surface area contributed by atoms with Gasteiger partial charge in [0.1, 0.15) is 0 Å². The molecule has 0 aromatic heterocycles. The lowest BCUT2D eigenvalue weighted by Gasteiger charge is -2.37. The first-order valence-electron chi connectivity index (χ1n) is 6.20. The average molecular weight is 262 g/mol. The zero-order valence-electron chi connectivity index (χ0n) is 10.5. The molecule has 5 nitrogen and oxygen atoms in total. The van der Waals surface area contributed by atoms with Crippen LogP contribution in [0.2, 0.25) is 0 Å². The number of hydrogen-bond donors (Lipinski definition) is 2. The van der Waals surface area contributed by atoms with Crippen LogP contribution in [0.3, 0.4) is 0 Å². The summed E-state index contributed by atoms with van der Waals surface area (Å²) in [6.45, 7) is 4.22. The molecule has 0 amide bonds. The summed E-state index contributed by atoms with van der Waals surface area (Å²) in [4.78, 5) is 2.28. The van der Waals surface area contributed by atoms with E-state index in [2.05, 4.69) is 24.2 Å². The van der Waals surface area contributed by atoms with E-state index in [-0.39, 0.29) is 17.5 Å². The van der Waals surface area contributed by atoms with Gasteiger partial charge >= 0.3 is 0 Å². The van der Waals surface area contributed by atoms with E-state index in [0.717, 1.165) is 19.5 Å². The van der Waals surface area contributed by atoms with E-state index in [1.165, 1.54) is 0 Å². The van der Waals surface area contributed by atoms with E-state index < -0.39 is 15.9 Å². The molecule has 17 heavy (non-hydrogen) atoms. The number of sulfone groups is 1. The minimum absolute atomic E-state index is 0.0766. The van der Waals surface area contributed by atoms with Crippen LogP contribution in [-0.4, -0.2) is 68.3 Å². The van der Waals surface area contributed by atoms with Gasteiger partial charge in [-0.3, -0.25) is 0 Å². The maximum absolute atomic E-state index is 11.4. The zero-order chi connectivity index (χ0) is 12.6. The van der Waals surface area contributed by atoms with Gasteiger partial charge in [-0.2, -0.15) is 0 Å². The molecule has 0 aromatic carbocycles. The summed E-state index contributed by atoms with van der Waals surface area (Å²) >= 11 is 0. The molecule has 4 atom stereocenters. The molecule has 0 saturated carbocycles. The number of aliphatic hydroxyl groups is 1. The summed E-state index contributed by atoms with van der Waals surface area (Å²) in [5.41, 5.74) is 0. The van der Waals surface area contributed by atoms with Crippen molar-refractivity contribution >= 4 is 9.84 Å². The predicted molar refractivity (Wildman–Crippen MR) is 66.7 cm³/mol. The monoisotopic (exact) mass is 262 g/mol. The van der Waals surface area contributed by atoms with Gasteiger partial charge in [0, 0.05) is 18.6 Å². The molecule has 6 heteroatoms. The summed E-state index contributed by atoms with van der Waals surface area (Å²) < 4.78 is 22.8. The van der Waals surface area contributed by atoms with Gasteiger partial charge in [-0.25, -0.2) is 8.42 Å². The normalized spacial score (nSPS) is 42.8. The highest BCUT2D eigenvalue weighted by molar-refractivity contribution is 7.91. The van der Waals surface area contributed by atoms with Crippen LogP contribution in [0.15, 0.2) is 0 Å². The molecule has 2 heterocycles. The van der Waals surface area contributed by atoms with Crippen LogP contribution in [0.5, 0.6) is 0 Å². The average Bonchev–Trinajstić information content (AvgIpc) is 2.44. The van der Waals surface area contributed by atoms with Crippen LogP contribution >= 0.6 is 0 Å². The molecule has 0 spiro atoms. The summed E-state index contributed by atoms with van der Waals surface area (Å²) in [7, 11) is -0.948. The van der Waals surface area contributed by atoms with Crippen LogP contribution in [-0.2, 0) is 9.84 Å². The summed E-state index contributed by atoms with van der Waals surface area (Å²) in [5, 5.41) is 13.1. The number of rotatable bonds is 2. The Morgan fingerprint density at radius 2 is 2.00 bits per heavy atom. The first-order valence-corrected chi connectivity index (χ1v) is 8.02. The molecule has 2 fully saturated rings. The molecule has 4 unspecified atom stereocenters. The lowest BCUT2D eigenvalue weighted by atomic mass is 9.93. The summed E-state index contributed by atoms with van der Waals surface area (Å²) in [6.07, 6.45) is 0.271.